The number of benzene rings is 1. The lowest BCUT2D eigenvalue weighted by atomic mass is 10.2. The zero-order valence-corrected chi connectivity index (χ0v) is 13.3. The molecule has 0 radical (unpaired) electrons. The molecule has 0 aliphatic carbocycles. The number of carbonyl (C=O) groups excluding carboxylic acids is 2. The molecule has 2 fully saturated rings. The first-order chi connectivity index (χ1) is 11.7. The Labute approximate surface area is 139 Å². The second-order valence-corrected chi connectivity index (χ2v) is 6.14. The summed E-state index contributed by atoms with van der Waals surface area (Å²) >= 11 is 0. The van der Waals surface area contributed by atoms with E-state index in [9.17, 15) is 9.59 Å². The average molecular weight is 325 g/mol. The van der Waals surface area contributed by atoms with Crippen LogP contribution in [-0.4, -0.2) is 57.2 Å². The minimum Gasteiger partial charge on any atom is -0.336 e. The minimum atomic E-state index is -0.160. The van der Waals surface area contributed by atoms with Gasteiger partial charge in [-0.2, -0.15) is 0 Å². The number of anilines is 1. The first kappa shape index (κ1) is 14.7. The molecule has 3 amide bonds. The number of fused-ring (bicyclic) bond motifs is 1. The summed E-state index contributed by atoms with van der Waals surface area (Å²) in [6.07, 6.45) is 3.26. The normalized spacial score (nSPS) is 20.2. The highest BCUT2D eigenvalue weighted by Gasteiger charge is 2.36. The zero-order chi connectivity index (χ0) is 16.5. The number of hydrogen-bond acceptors (Lipinski definition) is 3. The van der Waals surface area contributed by atoms with Crippen LogP contribution in [0.4, 0.5) is 10.6 Å². The second-order valence-electron chi connectivity index (χ2n) is 6.14. The summed E-state index contributed by atoms with van der Waals surface area (Å²) in [5.74, 6) is 0.732. The van der Waals surface area contributed by atoms with E-state index in [-0.39, 0.29) is 18.0 Å². The van der Waals surface area contributed by atoms with Crippen molar-refractivity contribution in [2.75, 3.05) is 25.0 Å². The maximum Gasteiger partial charge on any atom is 0.323 e. The third-order valence-electron chi connectivity index (χ3n) is 4.63. The van der Waals surface area contributed by atoms with Crippen molar-refractivity contribution in [2.24, 2.45) is 0 Å². The number of carbonyl (C=O) groups is 2. The molecule has 1 N–H and O–H groups in total. The number of nitrogens with one attached hydrogen (secondary N) is 1. The van der Waals surface area contributed by atoms with Gasteiger partial charge in [0.15, 0.2) is 5.82 Å². The molecule has 0 saturated carbocycles. The molecule has 1 atom stereocenters. The van der Waals surface area contributed by atoms with Gasteiger partial charge in [0.25, 0.3) is 0 Å². The molecule has 1 unspecified atom stereocenters. The number of amides is 3. The van der Waals surface area contributed by atoms with Crippen molar-refractivity contribution < 1.29 is 9.59 Å². The Morgan fingerprint density at radius 2 is 2.00 bits per heavy atom. The highest BCUT2D eigenvalue weighted by molar-refractivity contribution is 5.88. The van der Waals surface area contributed by atoms with E-state index in [1.165, 1.54) is 0 Å². The maximum atomic E-state index is 12.4. The van der Waals surface area contributed by atoms with Crippen LogP contribution < -0.4 is 5.32 Å². The minimum absolute atomic E-state index is 0.160. The van der Waals surface area contributed by atoms with Crippen molar-refractivity contribution in [3.8, 4) is 5.69 Å². The molecular weight excluding hydrogens is 306 g/mol. The molecule has 2 aromatic rings. The van der Waals surface area contributed by atoms with Gasteiger partial charge in [-0.1, -0.05) is 18.2 Å². The van der Waals surface area contributed by atoms with E-state index >= 15 is 0 Å². The van der Waals surface area contributed by atoms with Crippen LogP contribution in [0.15, 0.2) is 42.6 Å². The van der Waals surface area contributed by atoms with Crippen LogP contribution in [0.2, 0.25) is 0 Å². The van der Waals surface area contributed by atoms with Crippen molar-refractivity contribution in [1.29, 1.82) is 0 Å². The monoisotopic (exact) mass is 325 g/mol. The van der Waals surface area contributed by atoms with Gasteiger partial charge in [0.2, 0.25) is 5.91 Å². The van der Waals surface area contributed by atoms with E-state index in [2.05, 4.69) is 10.4 Å². The van der Waals surface area contributed by atoms with Crippen LogP contribution >= 0.6 is 0 Å². The summed E-state index contributed by atoms with van der Waals surface area (Å²) in [5, 5.41) is 7.23. The molecule has 7 heteroatoms. The zero-order valence-electron chi connectivity index (χ0n) is 13.3. The van der Waals surface area contributed by atoms with Crippen LogP contribution in [0.5, 0.6) is 0 Å². The van der Waals surface area contributed by atoms with Crippen molar-refractivity contribution in [3.05, 3.63) is 42.6 Å². The molecule has 4 rings (SSSR count). The Morgan fingerprint density at radius 3 is 2.83 bits per heavy atom. The largest absolute Gasteiger partial charge is 0.336 e. The van der Waals surface area contributed by atoms with Crippen LogP contribution in [0.1, 0.15) is 12.8 Å². The third-order valence-corrected chi connectivity index (χ3v) is 4.63. The van der Waals surface area contributed by atoms with Crippen molar-refractivity contribution in [2.45, 2.75) is 18.9 Å². The molecule has 0 bridgehead atoms. The van der Waals surface area contributed by atoms with Gasteiger partial charge in [0.1, 0.15) is 0 Å². The number of aromatic nitrogens is 2. The van der Waals surface area contributed by atoms with E-state index in [4.69, 9.17) is 0 Å². The van der Waals surface area contributed by atoms with Crippen LogP contribution in [0.25, 0.3) is 5.69 Å². The Bertz CT molecular complexity index is 757. The Hall–Kier alpha value is -2.83. The number of para-hydroxylation sites is 1. The first-order valence-corrected chi connectivity index (χ1v) is 8.17. The van der Waals surface area contributed by atoms with Gasteiger partial charge in [0.05, 0.1) is 5.69 Å². The highest BCUT2D eigenvalue weighted by atomic mass is 16.2. The second kappa shape index (κ2) is 5.99. The number of urea groups is 1. The van der Waals surface area contributed by atoms with Crippen molar-refractivity contribution in [1.82, 2.24) is 19.6 Å². The Kier molecular flexibility index (Phi) is 3.68. The fraction of sp³-hybridized carbons (Fsp3) is 0.353. The standard InChI is InChI=1S/C17H19N5O2/c23-16-7-6-14-12-20(10-11-21(14)16)17(24)18-15-8-9-22(19-15)13-4-2-1-3-5-13/h1-5,8-9,14H,6-7,10-12H2,(H,18,19,24). The Morgan fingerprint density at radius 1 is 1.17 bits per heavy atom. The van der Waals surface area contributed by atoms with Gasteiger partial charge in [-0.25, -0.2) is 9.48 Å². The summed E-state index contributed by atoms with van der Waals surface area (Å²) in [5.41, 5.74) is 0.941. The number of piperazine rings is 1. The topological polar surface area (TPSA) is 70.5 Å². The number of hydrogen-bond donors (Lipinski definition) is 1. The molecule has 2 aliphatic rings. The predicted molar refractivity (Wildman–Crippen MR) is 88.9 cm³/mol. The van der Waals surface area contributed by atoms with Crippen LogP contribution in [0, 0.1) is 0 Å². The summed E-state index contributed by atoms with van der Waals surface area (Å²) in [6.45, 7) is 1.78. The molecule has 3 heterocycles. The van der Waals surface area contributed by atoms with Gasteiger partial charge in [-0.05, 0) is 18.6 Å². The van der Waals surface area contributed by atoms with Crippen molar-refractivity contribution in [3.63, 3.8) is 0 Å². The van der Waals surface area contributed by atoms with Gasteiger partial charge in [-0.3, -0.25) is 10.1 Å². The predicted octanol–water partition coefficient (Wildman–Crippen LogP) is 1.71. The molecule has 2 saturated heterocycles. The molecular formula is C17H19N5O2. The summed E-state index contributed by atoms with van der Waals surface area (Å²) in [7, 11) is 0. The molecule has 2 aliphatic heterocycles. The van der Waals surface area contributed by atoms with E-state index < -0.39 is 0 Å². The van der Waals surface area contributed by atoms with Crippen LogP contribution in [-0.2, 0) is 4.79 Å². The van der Waals surface area contributed by atoms with Gasteiger partial charge in [0, 0.05) is 44.4 Å². The molecule has 24 heavy (non-hydrogen) atoms. The summed E-state index contributed by atoms with van der Waals surface area (Å²) in [6, 6.07) is 11.5. The van der Waals surface area contributed by atoms with Gasteiger partial charge < -0.3 is 9.80 Å². The number of rotatable bonds is 2. The van der Waals surface area contributed by atoms with Crippen molar-refractivity contribution >= 4 is 17.8 Å². The Balaban J connectivity index is 1.40. The number of nitrogens with zero attached hydrogens (tertiary/aromatic N) is 4. The average Bonchev–Trinajstić information content (AvgIpc) is 3.22. The molecule has 7 nitrogen and oxygen atoms in total. The molecule has 1 aromatic carbocycles. The first-order valence-electron chi connectivity index (χ1n) is 8.17. The van der Waals surface area contributed by atoms with E-state index in [0.29, 0.717) is 31.9 Å². The van der Waals surface area contributed by atoms with Gasteiger partial charge >= 0.3 is 6.03 Å². The SMILES string of the molecule is O=C(Nc1ccn(-c2ccccc2)n1)N1CCN2C(=O)CCC2C1. The summed E-state index contributed by atoms with van der Waals surface area (Å²) < 4.78 is 1.73. The maximum absolute atomic E-state index is 12.4. The fourth-order valence-electron chi connectivity index (χ4n) is 3.35. The van der Waals surface area contributed by atoms with Gasteiger partial charge in [-0.15, -0.1) is 5.10 Å². The fourth-order valence-corrected chi connectivity index (χ4v) is 3.35. The highest BCUT2D eigenvalue weighted by Crippen LogP contribution is 2.23. The van der Waals surface area contributed by atoms with E-state index in [0.717, 1.165) is 12.1 Å². The lowest BCUT2D eigenvalue weighted by Gasteiger charge is -2.37. The van der Waals surface area contributed by atoms with E-state index in [1.54, 1.807) is 15.6 Å². The summed E-state index contributed by atoms with van der Waals surface area (Å²) in [4.78, 5) is 27.8. The van der Waals surface area contributed by atoms with Crippen LogP contribution in [0.3, 0.4) is 0 Å². The smallest absolute Gasteiger partial charge is 0.323 e. The quantitative estimate of drug-likeness (QED) is 0.914. The lowest BCUT2D eigenvalue weighted by Crippen LogP contribution is -2.54. The third kappa shape index (κ3) is 2.73. The van der Waals surface area contributed by atoms with E-state index in [1.807, 2.05) is 41.4 Å². The molecule has 0 spiro atoms. The molecule has 1 aromatic heterocycles. The molecule has 124 valence electrons. The lowest BCUT2D eigenvalue weighted by molar-refractivity contribution is -0.130.